The zero-order valence-electron chi connectivity index (χ0n) is 17.9. The molecule has 0 atom stereocenters. The van der Waals surface area contributed by atoms with Gasteiger partial charge in [-0.05, 0) is 29.8 Å². The van der Waals surface area contributed by atoms with E-state index in [1.54, 1.807) is 12.1 Å². The molecular weight excluding hydrogens is 498 g/mol. The van der Waals surface area contributed by atoms with Gasteiger partial charge in [0.15, 0.2) is 11.5 Å². The van der Waals surface area contributed by atoms with Gasteiger partial charge in [0.25, 0.3) is 5.91 Å². The summed E-state index contributed by atoms with van der Waals surface area (Å²) in [5, 5.41) is 19.4. The number of methoxy groups -OCH3 is 3. The van der Waals surface area contributed by atoms with Gasteiger partial charge in [0.1, 0.15) is 6.20 Å². The van der Waals surface area contributed by atoms with Crippen LogP contribution in [0.2, 0.25) is 0 Å². The molecule has 0 bridgehead atoms. The largest absolute Gasteiger partial charge is 0.493 e. The number of benzene rings is 2. The first kappa shape index (κ1) is 23.7. The Morgan fingerprint density at radius 3 is 2.48 bits per heavy atom. The number of nitro groups is 1. The summed E-state index contributed by atoms with van der Waals surface area (Å²) in [5.41, 5.74) is 2.88. The van der Waals surface area contributed by atoms with E-state index in [-0.39, 0.29) is 12.2 Å². The topological polar surface area (TPSA) is 130 Å². The van der Waals surface area contributed by atoms with Crippen LogP contribution in [0.15, 0.2) is 52.2 Å². The monoisotopic (exact) mass is 517 g/mol. The molecule has 0 saturated heterocycles. The summed E-state index contributed by atoms with van der Waals surface area (Å²) >= 11 is 3.37. The minimum Gasteiger partial charge on any atom is -0.493 e. The average Bonchev–Trinajstić information content (AvgIpc) is 3.22. The molecule has 0 aliphatic carbocycles. The second kappa shape index (κ2) is 10.6. The number of amides is 1. The fourth-order valence-electron chi connectivity index (χ4n) is 3.00. The molecule has 0 aliphatic heterocycles. The summed E-state index contributed by atoms with van der Waals surface area (Å²) in [6.07, 6.45) is 2.55. The summed E-state index contributed by atoms with van der Waals surface area (Å²) < 4.78 is 18.0. The molecule has 0 saturated carbocycles. The molecule has 12 heteroatoms. The van der Waals surface area contributed by atoms with Crippen molar-refractivity contribution in [3.63, 3.8) is 0 Å². The molecule has 0 spiro atoms. The number of hydrogen-bond acceptors (Lipinski definition) is 8. The highest BCUT2D eigenvalue weighted by molar-refractivity contribution is 9.10. The van der Waals surface area contributed by atoms with Crippen LogP contribution in [0.3, 0.4) is 0 Å². The number of ether oxygens (including phenoxy) is 3. The Balaban J connectivity index is 1.79. The number of rotatable bonds is 9. The van der Waals surface area contributed by atoms with Gasteiger partial charge in [-0.15, -0.1) is 0 Å². The van der Waals surface area contributed by atoms with E-state index in [4.69, 9.17) is 14.2 Å². The Hall–Kier alpha value is -3.93. The van der Waals surface area contributed by atoms with Gasteiger partial charge in [-0.1, -0.05) is 28.1 Å². The van der Waals surface area contributed by atoms with Gasteiger partial charge in [0, 0.05) is 10.0 Å². The van der Waals surface area contributed by atoms with E-state index in [0.29, 0.717) is 22.8 Å². The molecule has 0 unspecified atom stereocenters. The SMILES string of the molecule is COc1cc(C=NNC(=O)c2nn(Cc3cccc(Br)c3)cc2[N+](=O)[O-])cc(OC)c1OC. The van der Waals surface area contributed by atoms with Crippen LogP contribution in [0.25, 0.3) is 0 Å². The highest BCUT2D eigenvalue weighted by Crippen LogP contribution is 2.37. The molecule has 3 rings (SSSR count). The van der Waals surface area contributed by atoms with Crippen LogP contribution >= 0.6 is 15.9 Å². The van der Waals surface area contributed by atoms with Gasteiger partial charge in [0.2, 0.25) is 11.4 Å². The number of carbonyl (C=O) groups excluding carboxylic acids is 1. The molecule has 172 valence electrons. The van der Waals surface area contributed by atoms with Crippen molar-refractivity contribution >= 4 is 33.7 Å². The van der Waals surface area contributed by atoms with E-state index < -0.39 is 16.5 Å². The molecule has 3 aromatic rings. The van der Waals surface area contributed by atoms with Crippen LogP contribution in [0, 0.1) is 10.1 Å². The van der Waals surface area contributed by atoms with Crippen molar-refractivity contribution in [2.24, 2.45) is 5.10 Å². The molecule has 1 heterocycles. The molecule has 0 fully saturated rings. The average molecular weight is 518 g/mol. The van der Waals surface area contributed by atoms with Gasteiger partial charge in [-0.25, -0.2) is 5.43 Å². The summed E-state index contributed by atoms with van der Waals surface area (Å²) in [4.78, 5) is 23.3. The van der Waals surface area contributed by atoms with Crippen LogP contribution in [0.5, 0.6) is 17.2 Å². The molecule has 1 N–H and O–H groups in total. The number of carbonyl (C=O) groups is 1. The fourth-order valence-corrected chi connectivity index (χ4v) is 3.45. The third-order valence-electron chi connectivity index (χ3n) is 4.45. The third kappa shape index (κ3) is 5.66. The fraction of sp³-hybridized carbons (Fsp3) is 0.190. The summed E-state index contributed by atoms with van der Waals surface area (Å²) in [6, 6.07) is 10.7. The molecular formula is C21H20BrN5O6. The maximum absolute atomic E-state index is 12.5. The van der Waals surface area contributed by atoms with Crippen LogP contribution < -0.4 is 19.6 Å². The first-order valence-corrected chi connectivity index (χ1v) is 10.2. The Morgan fingerprint density at radius 1 is 1.21 bits per heavy atom. The highest BCUT2D eigenvalue weighted by Gasteiger charge is 2.25. The summed E-state index contributed by atoms with van der Waals surface area (Å²) in [5.74, 6) is 0.407. The Labute approximate surface area is 197 Å². The minimum atomic E-state index is -0.821. The standard InChI is InChI=1S/C21H20BrN5O6/c1-31-17-8-14(9-18(32-2)20(17)33-3)10-23-24-21(28)19-16(27(29)30)12-26(25-19)11-13-5-4-6-15(22)7-13/h4-10,12H,11H2,1-3H3,(H,24,28). The van der Waals surface area contributed by atoms with E-state index in [0.717, 1.165) is 10.0 Å². The van der Waals surface area contributed by atoms with Gasteiger partial charge in [0.05, 0.1) is 39.0 Å². The number of nitrogens with one attached hydrogen (secondary N) is 1. The molecule has 0 radical (unpaired) electrons. The molecule has 1 aromatic heterocycles. The normalized spacial score (nSPS) is 10.8. The van der Waals surface area contributed by atoms with E-state index in [1.807, 2.05) is 24.3 Å². The van der Waals surface area contributed by atoms with Crippen molar-refractivity contribution in [2.75, 3.05) is 21.3 Å². The lowest BCUT2D eigenvalue weighted by molar-refractivity contribution is -0.385. The number of aromatic nitrogens is 2. The van der Waals surface area contributed by atoms with Crippen LogP contribution in [0.4, 0.5) is 5.69 Å². The van der Waals surface area contributed by atoms with Crippen LogP contribution in [-0.2, 0) is 6.54 Å². The Kier molecular flexibility index (Phi) is 7.61. The van der Waals surface area contributed by atoms with E-state index >= 15 is 0 Å². The van der Waals surface area contributed by atoms with Crippen LogP contribution in [0.1, 0.15) is 21.6 Å². The lowest BCUT2D eigenvalue weighted by atomic mass is 10.2. The lowest BCUT2D eigenvalue weighted by Gasteiger charge is -2.12. The van der Waals surface area contributed by atoms with Gasteiger partial charge >= 0.3 is 5.69 Å². The van der Waals surface area contributed by atoms with Crippen LogP contribution in [-0.4, -0.2) is 48.2 Å². The predicted octanol–water partition coefficient (Wildman–Crippen LogP) is 3.39. The minimum absolute atomic E-state index is 0.252. The first-order valence-electron chi connectivity index (χ1n) is 9.46. The molecule has 11 nitrogen and oxygen atoms in total. The van der Waals surface area contributed by atoms with Crippen molar-refractivity contribution in [2.45, 2.75) is 6.54 Å². The lowest BCUT2D eigenvalue weighted by Crippen LogP contribution is -2.19. The number of hydrogen-bond donors (Lipinski definition) is 1. The Bertz CT molecular complexity index is 1180. The number of hydrazone groups is 1. The number of nitrogens with zero attached hydrogens (tertiary/aromatic N) is 4. The molecule has 0 aliphatic rings. The zero-order valence-corrected chi connectivity index (χ0v) is 19.5. The van der Waals surface area contributed by atoms with E-state index in [1.165, 1.54) is 38.4 Å². The smallest absolute Gasteiger partial charge is 0.320 e. The van der Waals surface area contributed by atoms with Crippen molar-refractivity contribution in [3.05, 3.63) is 74.0 Å². The highest BCUT2D eigenvalue weighted by atomic mass is 79.9. The van der Waals surface area contributed by atoms with Crippen molar-refractivity contribution in [3.8, 4) is 17.2 Å². The van der Waals surface area contributed by atoms with Gasteiger partial charge < -0.3 is 14.2 Å². The molecule has 2 aromatic carbocycles. The second-order valence-electron chi connectivity index (χ2n) is 6.61. The third-order valence-corrected chi connectivity index (χ3v) is 4.95. The van der Waals surface area contributed by atoms with Crippen molar-refractivity contribution in [1.29, 1.82) is 0 Å². The molecule has 1 amide bonds. The maximum atomic E-state index is 12.5. The number of halogens is 1. The Morgan fingerprint density at radius 2 is 1.91 bits per heavy atom. The van der Waals surface area contributed by atoms with Gasteiger partial charge in [-0.2, -0.15) is 10.2 Å². The maximum Gasteiger partial charge on any atom is 0.320 e. The quantitative estimate of drug-likeness (QED) is 0.261. The molecule has 33 heavy (non-hydrogen) atoms. The first-order chi connectivity index (χ1) is 15.9. The summed E-state index contributed by atoms with van der Waals surface area (Å²) in [6.45, 7) is 0.252. The predicted molar refractivity (Wildman–Crippen MR) is 123 cm³/mol. The van der Waals surface area contributed by atoms with Crippen molar-refractivity contribution in [1.82, 2.24) is 15.2 Å². The van der Waals surface area contributed by atoms with E-state index in [2.05, 4.69) is 31.6 Å². The van der Waals surface area contributed by atoms with Gasteiger partial charge in [-0.3, -0.25) is 19.6 Å². The van der Waals surface area contributed by atoms with E-state index in [9.17, 15) is 14.9 Å². The zero-order chi connectivity index (χ0) is 24.0. The second-order valence-corrected chi connectivity index (χ2v) is 7.52. The summed E-state index contributed by atoms with van der Waals surface area (Å²) in [7, 11) is 4.43. The van der Waals surface area contributed by atoms with Crippen molar-refractivity contribution < 1.29 is 23.9 Å².